The Kier molecular flexibility index (Phi) is 5.74. The van der Waals surface area contributed by atoms with Crippen LogP contribution in [0.4, 0.5) is 11.4 Å². The van der Waals surface area contributed by atoms with Crippen LogP contribution in [-0.2, 0) is 9.05 Å². The van der Waals surface area contributed by atoms with Gasteiger partial charge in [0.25, 0.3) is 5.91 Å². The molecule has 0 aliphatic carbocycles. The SMILES string of the molecule is CP1OCC(c2ccc(C(=O)Nc3cc(-c4cccs4)ccc3N)cc2)CO1. The lowest BCUT2D eigenvalue weighted by molar-refractivity contribution is 0.102. The molecule has 144 valence electrons. The van der Waals surface area contributed by atoms with E-state index in [2.05, 4.69) is 5.32 Å². The van der Waals surface area contributed by atoms with Crippen molar-refractivity contribution >= 4 is 37.0 Å². The zero-order chi connectivity index (χ0) is 19.5. The molecule has 1 saturated heterocycles. The molecule has 1 amide bonds. The van der Waals surface area contributed by atoms with Crippen molar-refractivity contribution < 1.29 is 13.8 Å². The lowest BCUT2D eigenvalue weighted by Gasteiger charge is -2.26. The number of thiophene rings is 1. The van der Waals surface area contributed by atoms with Crippen LogP contribution in [0.25, 0.3) is 10.4 Å². The van der Waals surface area contributed by atoms with Gasteiger partial charge in [-0.15, -0.1) is 11.3 Å². The van der Waals surface area contributed by atoms with E-state index in [1.165, 1.54) is 0 Å². The van der Waals surface area contributed by atoms with E-state index >= 15 is 0 Å². The quantitative estimate of drug-likeness (QED) is 0.449. The van der Waals surface area contributed by atoms with Gasteiger partial charge in [-0.3, -0.25) is 4.79 Å². The van der Waals surface area contributed by atoms with Gasteiger partial charge in [0.05, 0.1) is 24.6 Å². The standard InChI is InChI=1S/C21H21N2O3PS/c1-27-25-12-17(13-26-27)14-4-6-15(7-5-14)21(24)23-19-11-16(8-9-18(19)22)20-3-2-10-28-20/h2-11,17H,12-13,22H2,1H3,(H,23,24). The predicted octanol–water partition coefficient (Wildman–Crippen LogP) is 5.32. The van der Waals surface area contributed by atoms with Crippen LogP contribution in [0, 0.1) is 0 Å². The van der Waals surface area contributed by atoms with Crippen LogP contribution in [0.5, 0.6) is 0 Å². The number of carbonyl (C=O) groups is 1. The van der Waals surface area contributed by atoms with Gasteiger partial charge in [0.1, 0.15) is 0 Å². The van der Waals surface area contributed by atoms with Crippen LogP contribution in [0.15, 0.2) is 60.0 Å². The minimum absolute atomic E-state index is 0.185. The van der Waals surface area contributed by atoms with Gasteiger partial charge >= 0.3 is 0 Å². The van der Waals surface area contributed by atoms with E-state index in [1.54, 1.807) is 11.3 Å². The Morgan fingerprint density at radius 2 is 1.89 bits per heavy atom. The zero-order valence-electron chi connectivity index (χ0n) is 15.4. The summed E-state index contributed by atoms with van der Waals surface area (Å²) in [5, 5.41) is 4.95. The van der Waals surface area contributed by atoms with E-state index in [-0.39, 0.29) is 11.8 Å². The first-order valence-electron chi connectivity index (χ1n) is 8.94. The number of anilines is 2. The molecule has 1 aliphatic rings. The van der Waals surface area contributed by atoms with Crippen LogP contribution >= 0.6 is 19.7 Å². The van der Waals surface area contributed by atoms with Crippen molar-refractivity contribution in [3.63, 3.8) is 0 Å². The van der Waals surface area contributed by atoms with E-state index in [1.807, 2.05) is 66.6 Å². The smallest absolute Gasteiger partial charge is 0.255 e. The van der Waals surface area contributed by atoms with Crippen LogP contribution in [0.2, 0.25) is 0 Å². The van der Waals surface area contributed by atoms with E-state index in [0.717, 1.165) is 16.0 Å². The second kappa shape index (κ2) is 8.41. The molecule has 0 radical (unpaired) electrons. The monoisotopic (exact) mass is 412 g/mol. The second-order valence-corrected chi connectivity index (χ2v) is 8.93. The third kappa shape index (κ3) is 4.26. The molecule has 0 bridgehead atoms. The van der Waals surface area contributed by atoms with E-state index in [0.29, 0.717) is 30.2 Å². The minimum atomic E-state index is -0.748. The maximum atomic E-state index is 12.7. The van der Waals surface area contributed by atoms with Crippen molar-refractivity contribution in [3.8, 4) is 10.4 Å². The summed E-state index contributed by atoms with van der Waals surface area (Å²) in [7, 11) is -0.748. The van der Waals surface area contributed by atoms with Gasteiger partial charge in [-0.2, -0.15) is 0 Å². The van der Waals surface area contributed by atoms with Crippen molar-refractivity contribution in [2.75, 3.05) is 30.9 Å². The third-order valence-electron chi connectivity index (χ3n) is 4.67. The van der Waals surface area contributed by atoms with Gasteiger partial charge in [0.2, 0.25) is 0 Å². The highest BCUT2D eigenvalue weighted by atomic mass is 32.1. The van der Waals surface area contributed by atoms with Gasteiger partial charge in [-0.1, -0.05) is 24.3 Å². The van der Waals surface area contributed by atoms with Gasteiger partial charge in [0, 0.05) is 23.0 Å². The second-order valence-electron chi connectivity index (χ2n) is 6.58. The van der Waals surface area contributed by atoms with Gasteiger partial charge in [-0.25, -0.2) is 0 Å². The third-order valence-corrected chi connectivity index (χ3v) is 6.61. The fourth-order valence-corrected chi connectivity index (χ4v) is 4.61. The topological polar surface area (TPSA) is 73.6 Å². The summed E-state index contributed by atoms with van der Waals surface area (Å²) in [6, 6.07) is 17.3. The van der Waals surface area contributed by atoms with Gasteiger partial charge in [0.15, 0.2) is 8.38 Å². The van der Waals surface area contributed by atoms with Crippen LogP contribution in [-0.4, -0.2) is 25.8 Å². The van der Waals surface area contributed by atoms with Crippen LogP contribution in [0.3, 0.4) is 0 Å². The molecule has 1 fully saturated rings. The largest absolute Gasteiger partial charge is 0.397 e. The molecule has 0 spiro atoms. The normalized spacial score (nSPS) is 19.3. The van der Waals surface area contributed by atoms with E-state index < -0.39 is 8.38 Å². The summed E-state index contributed by atoms with van der Waals surface area (Å²) >= 11 is 1.65. The molecule has 4 rings (SSSR count). The Bertz CT molecular complexity index is 952. The van der Waals surface area contributed by atoms with Gasteiger partial charge < -0.3 is 20.1 Å². The fourth-order valence-electron chi connectivity index (χ4n) is 3.03. The van der Waals surface area contributed by atoms with E-state index in [4.69, 9.17) is 14.8 Å². The molecule has 28 heavy (non-hydrogen) atoms. The number of rotatable bonds is 4. The average Bonchev–Trinajstić information content (AvgIpc) is 3.25. The summed E-state index contributed by atoms with van der Waals surface area (Å²) in [4.78, 5) is 13.8. The average molecular weight is 412 g/mol. The highest BCUT2D eigenvalue weighted by Crippen LogP contribution is 2.41. The molecular formula is C21H21N2O3PS. The van der Waals surface area contributed by atoms with Crippen molar-refractivity contribution in [2.45, 2.75) is 5.92 Å². The number of nitrogen functional groups attached to an aromatic ring is 1. The highest BCUT2D eigenvalue weighted by molar-refractivity contribution is 7.46. The molecule has 2 heterocycles. The molecule has 5 nitrogen and oxygen atoms in total. The minimum Gasteiger partial charge on any atom is -0.397 e. The Balaban J connectivity index is 1.47. The summed E-state index contributed by atoms with van der Waals surface area (Å²) in [6.45, 7) is 3.26. The van der Waals surface area contributed by atoms with Crippen LogP contribution < -0.4 is 11.1 Å². The lowest BCUT2D eigenvalue weighted by Crippen LogP contribution is -2.18. The molecule has 0 saturated carbocycles. The Morgan fingerprint density at radius 1 is 1.14 bits per heavy atom. The van der Waals surface area contributed by atoms with Crippen molar-refractivity contribution in [3.05, 3.63) is 71.1 Å². The number of amides is 1. The number of nitrogens with one attached hydrogen (secondary N) is 1. The van der Waals surface area contributed by atoms with E-state index in [9.17, 15) is 4.79 Å². The fraction of sp³-hybridized carbons (Fsp3) is 0.190. The summed E-state index contributed by atoms with van der Waals surface area (Å²) in [6.07, 6.45) is 0. The number of hydrogen-bond acceptors (Lipinski definition) is 5. The molecule has 1 aliphatic heterocycles. The summed E-state index contributed by atoms with van der Waals surface area (Å²) < 4.78 is 11.2. The number of hydrogen-bond donors (Lipinski definition) is 2. The Morgan fingerprint density at radius 3 is 2.57 bits per heavy atom. The number of carbonyl (C=O) groups excluding carboxylic acids is 1. The molecule has 0 unspecified atom stereocenters. The lowest BCUT2D eigenvalue weighted by atomic mass is 9.99. The van der Waals surface area contributed by atoms with Gasteiger partial charge in [-0.05, 0) is 46.8 Å². The van der Waals surface area contributed by atoms with Crippen molar-refractivity contribution in [1.29, 1.82) is 0 Å². The molecule has 0 atom stereocenters. The molecule has 1 aromatic heterocycles. The first-order valence-corrected chi connectivity index (χ1v) is 11.4. The predicted molar refractivity (Wildman–Crippen MR) is 116 cm³/mol. The molecule has 3 N–H and O–H groups in total. The highest BCUT2D eigenvalue weighted by Gasteiger charge is 2.21. The molecule has 2 aromatic carbocycles. The maximum Gasteiger partial charge on any atom is 0.255 e. The zero-order valence-corrected chi connectivity index (χ0v) is 17.1. The van der Waals surface area contributed by atoms with Crippen LogP contribution in [0.1, 0.15) is 21.8 Å². The summed E-state index contributed by atoms with van der Waals surface area (Å²) in [5.41, 5.74) is 9.94. The molecular weight excluding hydrogens is 391 g/mol. The van der Waals surface area contributed by atoms with Crippen molar-refractivity contribution in [1.82, 2.24) is 0 Å². The summed E-state index contributed by atoms with van der Waals surface area (Å²) in [5.74, 6) is 0.0173. The number of nitrogens with two attached hydrogens (primary N) is 1. The Hall–Kier alpha value is -2.24. The molecule has 3 aromatic rings. The number of benzene rings is 2. The Labute approximate surface area is 169 Å². The van der Waals surface area contributed by atoms with Crippen molar-refractivity contribution in [2.24, 2.45) is 0 Å². The maximum absolute atomic E-state index is 12.7. The first kappa shape index (κ1) is 19.1. The first-order chi connectivity index (χ1) is 13.6. The molecule has 7 heteroatoms.